The van der Waals surface area contributed by atoms with E-state index >= 15 is 0 Å². The average Bonchev–Trinajstić information content (AvgIpc) is 2.97. The molecule has 3 rings (SSSR count). The molecule has 0 aromatic heterocycles. The van der Waals surface area contributed by atoms with Gasteiger partial charge in [-0.1, -0.05) is 28.1 Å². The number of carbonyl (C=O) groups excluding carboxylic acids is 1. The van der Waals surface area contributed by atoms with Crippen LogP contribution >= 0.6 is 15.9 Å². The summed E-state index contributed by atoms with van der Waals surface area (Å²) < 4.78 is 6.08. The van der Waals surface area contributed by atoms with Crippen LogP contribution in [-0.4, -0.2) is 16.8 Å². The van der Waals surface area contributed by atoms with E-state index in [1.54, 1.807) is 36.4 Å². The molecule has 0 bridgehead atoms. The number of benzene rings is 2. The number of rotatable bonds is 4. The fraction of sp³-hybridized carbons (Fsp3) is 0. The number of hydrogen-bond acceptors (Lipinski definition) is 5. The standard InChI is InChI=1S/C18H11BrN2O4/c19-14-8-6-13(7-9-14)17-20-16(18(22)25-17)3-1-2-12-4-10-15(11-5-12)21(23)24/h1-11H/b2-1+,16-3-. The lowest BCUT2D eigenvalue weighted by molar-refractivity contribution is -0.384. The summed E-state index contributed by atoms with van der Waals surface area (Å²) in [7, 11) is 0. The summed E-state index contributed by atoms with van der Waals surface area (Å²) in [5, 5.41) is 10.6. The zero-order valence-electron chi connectivity index (χ0n) is 12.8. The highest BCUT2D eigenvalue weighted by Crippen LogP contribution is 2.19. The van der Waals surface area contributed by atoms with Crippen molar-refractivity contribution in [2.45, 2.75) is 0 Å². The van der Waals surface area contributed by atoms with Gasteiger partial charge in [-0.3, -0.25) is 10.1 Å². The van der Waals surface area contributed by atoms with Crippen molar-refractivity contribution < 1.29 is 14.5 Å². The molecule has 1 aliphatic heterocycles. The number of non-ortho nitro benzene ring substituents is 1. The smallest absolute Gasteiger partial charge is 0.363 e. The predicted octanol–water partition coefficient (Wildman–Crippen LogP) is 4.26. The molecular formula is C18H11BrN2O4. The molecule has 0 N–H and O–H groups in total. The van der Waals surface area contributed by atoms with Crippen LogP contribution in [0.25, 0.3) is 6.08 Å². The summed E-state index contributed by atoms with van der Waals surface area (Å²) in [6.45, 7) is 0. The minimum absolute atomic E-state index is 0.0265. The molecule has 1 aliphatic rings. The lowest BCUT2D eigenvalue weighted by Crippen LogP contribution is -2.04. The average molecular weight is 399 g/mol. The van der Waals surface area contributed by atoms with Gasteiger partial charge < -0.3 is 4.74 Å². The van der Waals surface area contributed by atoms with Gasteiger partial charge in [0.2, 0.25) is 5.90 Å². The second-order valence-electron chi connectivity index (χ2n) is 5.07. The molecule has 0 atom stereocenters. The summed E-state index contributed by atoms with van der Waals surface area (Å²) >= 11 is 3.34. The molecule has 2 aromatic rings. The van der Waals surface area contributed by atoms with Gasteiger partial charge in [-0.05, 0) is 48.0 Å². The van der Waals surface area contributed by atoms with Crippen LogP contribution in [-0.2, 0) is 9.53 Å². The molecule has 6 nitrogen and oxygen atoms in total. The number of hydrogen-bond donors (Lipinski definition) is 0. The van der Waals surface area contributed by atoms with E-state index < -0.39 is 10.9 Å². The number of nitrogens with zero attached hydrogens (tertiary/aromatic N) is 2. The Morgan fingerprint density at radius 1 is 1.08 bits per heavy atom. The first kappa shape index (κ1) is 16.8. The Morgan fingerprint density at radius 3 is 2.40 bits per heavy atom. The number of ether oxygens (including phenoxy) is 1. The van der Waals surface area contributed by atoms with Crippen LogP contribution in [0, 0.1) is 10.1 Å². The Bertz CT molecular complexity index is 913. The molecule has 0 radical (unpaired) electrons. The highest BCUT2D eigenvalue weighted by Gasteiger charge is 2.23. The minimum atomic E-state index is -0.522. The number of aliphatic imine (C=N–C) groups is 1. The second kappa shape index (κ2) is 7.23. The van der Waals surface area contributed by atoms with Crippen LogP contribution in [0.4, 0.5) is 5.69 Å². The molecule has 124 valence electrons. The number of carbonyl (C=O) groups is 1. The number of nitro groups is 1. The van der Waals surface area contributed by atoms with E-state index in [0.717, 1.165) is 10.0 Å². The van der Waals surface area contributed by atoms with E-state index in [0.29, 0.717) is 5.56 Å². The van der Waals surface area contributed by atoms with Gasteiger partial charge in [0, 0.05) is 22.2 Å². The second-order valence-corrected chi connectivity index (χ2v) is 5.99. The molecular weight excluding hydrogens is 388 g/mol. The van der Waals surface area contributed by atoms with Crippen molar-refractivity contribution in [1.29, 1.82) is 0 Å². The highest BCUT2D eigenvalue weighted by atomic mass is 79.9. The van der Waals surface area contributed by atoms with Crippen LogP contribution in [0.2, 0.25) is 0 Å². The first-order valence-corrected chi connectivity index (χ1v) is 8.02. The maximum atomic E-state index is 11.9. The van der Waals surface area contributed by atoms with Crippen LogP contribution in [0.1, 0.15) is 11.1 Å². The van der Waals surface area contributed by atoms with E-state index in [9.17, 15) is 14.9 Å². The normalized spacial score (nSPS) is 15.5. The maximum absolute atomic E-state index is 11.9. The van der Waals surface area contributed by atoms with E-state index in [4.69, 9.17) is 4.74 Å². The van der Waals surface area contributed by atoms with Gasteiger partial charge in [0.15, 0.2) is 5.70 Å². The number of esters is 1. The zero-order valence-corrected chi connectivity index (χ0v) is 14.3. The van der Waals surface area contributed by atoms with Crippen molar-refractivity contribution in [2.75, 3.05) is 0 Å². The topological polar surface area (TPSA) is 81.8 Å². The Kier molecular flexibility index (Phi) is 4.85. The minimum Gasteiger partial charge on any atom is -0.402 e. The number of allylic oxidation sites excluding steroid dienone is 2. The van der Waals surface area contributed by atoms with Gasteiger partial charge in [0.1, 0.15) is 0 Å². The Hall–Kier alpha value is -3.06. The van der Waals surface area contributed by atoms with Crippen molar-refractivity contribution in [3.63, 3.8) is 0 Å². The molecule has 7 heteroatoms. The molecule has 1 heterocycles. The number of nitro benzene ring substituents is 1. The quantitative estimate of drug-likeness (QED) is 0.333. The molecule has 0 saturated heterocycles. The van der Waals surface area contributed by atoms with Crippen molar-refractivity contribution in [3.05, 3.63) is 92.1 Å². The monoisotopic (exact) mass is 398 g/mol. The fourth-order valence-corrected chi connectivity index (χ4v) is 2.36. The van der Waals surface area contributed by atoms with Crippen molar-refractivity contribution >= 4 is 39.6 Å². The molecule has 0 fully saturated rings. The third kappa shape index (κ3) is 4.07. The largest absolute Gasteiger partial charge is 0.402 e. The fourth-order valence-electron chi connectivity index (χ4n) is 2.10. The van der Waals surface area contributed by atoms with Crippen LogP contribution in [0.5, 0.6) is 0 Å². The van der Waals surface area contributed by atoms with Gasteiger partial charge in [0.25, 0.3) is 5.69 Å². The first-order chi connectivity index (χ1) is 12.0. The number of halogens is 1. The van der Waals surface area contributed by atoms with E-state index in [1.165, 1.54) is 18.2 Å². The lowest BCUT2D eigenvalue weighted by atomic mass is 10.2. The highest BCUT2D eigenvalue weighted by molar-refractivity contribution is 9.10. The van der Waals surface area contributed by atoms with Gasteiger partial charge >= 0.3 is 5.97 Å². The first-order valence-electron chi connectivity index (χ1n) is 7.22. The van der Waals surface area contributed by atoms with E-state index in [2.05, 4.69) is 20.9 Å². The summed E-state index contributed by atoms with van der Waals surface area (Å²) in [4.78, 5) is 26.2. The molecule has 0 aliphatic carbocycles. The van der Waals surface area contributed by atoms with Crippen molar-refractivity contribution in [1.82, 2.24) is 0 Å². The summed E-state index contributed by atoms with van der Waals surface area (Å²) in [5.74, 6) is -0.265. The maximum Gasteiger partial charge on any atom is 0.363 e. The molecule has 25 heavy (non-hydrogen) atoms. The van der Waals surface area contributed by atoms with Gasteiger partial charge in [-0.25, -0.2) is 9.79 Å². The van der Waals surface area contributed by atoms with Gasteiger partial charge in [-0.2, -0.15) is 0 Å². The molecule has 0 amide bonds. The molecule has 2 aromatic carbocycles. The van der Waals surface area contributed by atoms with Gasteiger partial charge in [-0.15, -0.1) is 0 Å². The van der Waals surface area contributed by atoms with E-state index in [1.807, 2.05) is 12.1 Å². The Labute approximate surface area is 151 Å². The van der Waals surface area contributed by atoms with Crippen LogP contribution in [0.15, 0.2) is 75.8 Å². The van der Waals surface area contributed by atoms with Crippen LogP contribution in [0.3, 0.4) is 0 Å². The molecule has 0 unspecified atom stereocenters. The summed E-state index contributed by atoms with van der Waals surface area (Å²) in [5.41, 5.74) is 1.69. The summed E-state index contributed by atoms with van der Waals surface area (Å²) in [6, 6.07) is 13.3. The van der Waals surface area contributed by atoms with Crippen molar-refractivity contribution in [2.24, 2.45) is 4.99 Å². The molecule has 0 saturated carbocycles. The Morgan fingerprint density at radius 2 is 1.76 bits per heavy atom. The molecule has 0 spiro atoms. The third-order valence-corrected chi connectivity index (χ3v) is 3.89. The lowest BCUT2D eigenvalue weighted by Gasteiger charge is -1.98. The van der Waals surface area contributed by atoms with Crippen molar-refractivity contribution in [3.8, 4) is 0 Å². The van der Waals surface area contributed by atoms with E-state index in [-0.39, 0.29) is 17.3 Å². The zero-order chi connectivity index (χ0) is 17.8. The number of cyclic esters (lactones) is 1. The predicted molar refractivity (Wildman–Crippen MR) is 97.0 cm³/mol. The summed E-state index contributed by atoms with van der Waals surface area (Å²) in [6.07, 6.45) is 4.90. The third-order valence-electron chi connectivity index (χ3n) is 3.36. The Balaban J connectivity index is 1.75. The van der Waals surface area contributed by atoms with Crippen LogP contribution < -0.4 is 0 Å². The SMILES string of the molecule is O=C1OC(c2ccc(Br)cc2)=N/C1=C\C=C\c1ccc([N+](=O)[O-])cc1. The van der Waals surface area contributed by atoms with Gasteiger partial charge in [0.05, 0.1) is 4.92 Å².